The lowest BCUT2D eigenvalue weighted by atomic mass is 10.2. The molecule has 6 heteroatoms. The van der Waals surface area contributed by atoms with Crippen molar-refractivity contribution < 1.29 is 14.7 Å². The van der Waals surface area contributed by atoms with Crippen LogP contribution in [0.3, 0.4) is 0 Å². The fourth-order valence-corrected chi connectivity index (χ4v) is 1.92. The molecule has 0 fully saturated rings. The lowest BCUT2D eigenvalue weighted by Gasteiger charge is -2.09. The number of urea groups is 1. The number of nitrogens with one attached hydrogen (secondary N) is 3. The van der Waals surface area contributed by atoms with E-state index in [0.717, 1.165) is 0 Å². The van der Waals surface area contributed by atoms with E-state index >= 15 is 0 Å². The van der Waals surface area contributed by atoms with Gasteiger partial charge in [0.1, 0.15) is 0 Å². The summed E-state index contributed by atoms with van der Waals surface area (Å²) in [6.45, 7) is 0.425. The van der Waals surface area contributed by atoms with Crippen LogP contribution in [-0.2, 0) is 0 Å². The smallest absolute Gasteiger partial charge is 0.319 e. The highest BCUT2D eigenvalue weighted by atomic mass is 16.3. The molecule has 0 unspecified atom stereocenters. The molecule has 6 nitrogen and oxygen atoms in total. The first-order valence-corrected chi connectivity index (χ1v) is 7.31. The zero-order valence-electron chi connectivity index (χ0n) is 12.6. The normalized spacial score (nSPS) is 9.96. The van der Waals surface area contributed by atoms with Crippen LogP contribution in [0, 0.1) is 0 Å². The number of carbonyl (C=O) groups excluding carboxylic acids is 2. The number of hydrogen-bond acceptors (Lipinski definition) is 3. The second kappa shape index (κ2) is 8.55. The van der Waals surface area contributed by atoms with E-state index in [2.05, 4.69) is 16.0 Å². The minimum Gasteiger partial charge on any atom is -0.396 e. The third-order valence-electron chi connectivity index (χ3n) is 3.03. The zero-order chi connectivity index (χ0) is 16.5. The Labute approximate surface area is 134 Å². The predicted octanol–water partition coefficient (Wildman–Crippen LogP) is 2.44. The van der Waals surface area contributed by atoms with Gasteiger partial charge in [-0.2, -0.15) is 0 Å². The molecule has 0 radical (unpaired) electrons. The molecule has 23 heavy (non-hydrogen) atoms. The van der Waals surface area contributed by atoms with E-state index in [4.69, 9.17) is 5.11 Å². The monoisotopic (exact) mass is 313 g/mol. The second-order valence-corrected chi connectivity index (χ2v) is 4.86. The van der Waals surface area contributed by atoms with E-state index in [0.29, 0.717) is 29.9 Å². The molecule has 3 amide bonds. The molecule has 2 aromatic rings. The quantitative estimate of drug-likeness (QED) is 0.617. The molecule has 0 aliphatic carbocycles. The summed E-state index contributed by atoms with van der Waals surface area (Å²) in [6.07, 6.45) is 0.501. The van der Waals surface area contributed by atoms with E-state index in [1.165, 1.54) is 0 Å². The zero-order valence-corrected chi connectivity index (χ0v) is 12.6. The van der Waals surface area contributed by atoms with E-state index in [9.17, 15) is 9.59 Å². The van der Waals surface area contributed by atoms with Crippen molar-refractivity contribution in [2.75, 3.05) is 23.8 Å². The van der Waals surface area contributed by atoms with Gasteiger partial charge in [-0.3, -0.25) is 4.79 Å². The molecule has 0 spiro atoms. The van der Waals surface area contributed by atoms with Crippen LogP contribution in [0.2, 0.25) is 0 Å². The Balaban J connectivity index is 1.94. The molecule has 2 aromatic carbocycles. The number of aliphatic hydroxyl groups excluding tert-OH is 1. The second-order valence-electron chi connectivity index (χ2n) is 4.86. The molecule has 0 aromatic heterocycles. The number of benzene rings is 2. The van der Waals surface area contributed by atoms with Crippen molar-refractivity contribution in [3.05, 3.63) is 60.2 Å². The number of aliphatic hydroxyl groups is 1. The van der Waals surface area contributed by atoms with E-state index < -0.39 is 0 Å². The van der Waals surface area contributed by atoms with Crippen LogP contribution in [0.15, 0.2) is 54.6 Å². The summed E-state index contributed by atoms with van der Waals surface area (Å²) in [5.41, 5.74) is 1.72. The summed E-state index contributed by atoms with van der Waals surface area (Å²) in [6, 6.07) is 15.4. The maximum absolute atomic E-state index is 12.1. The van der Waals surface area contributed by atoms with Crippen molar-refractivity contribution in [2.45, 2.75) is 6.42 Å². The highest BCUT2D eigenvalue weighted by Gasteiger charge is 2.06. The number of amides is 3. The van der Waals surface area contributed by atoms with Gasteiger partial charge in [0, 0.05) is 30.1 Å². The Morgan fingerprint density at radius 2 is 1.61 bits per heavy atom. The third kappa shape index (κ3) is 5.44. The standard InChI is InChI=1S/C17H19N3O3/c21-11-5-10-18-17(23)20-15-9-4-8-14(12-15)19-16(22)13-6-2-1-3-7-13/h1-4,6-9,12,21H,5,10-11H2,(H,19,22)(H2,18,20,23). The van der Waals surface area contributed by atoms with E-state index in [-0.39, 0.29) is 18.5 Å². The fraction of sp³-hybridized carbons (Fsp3) is 0.176. The van der Waals surface area contributed by atoms with Gasteiger partial charge in [-0.15, -0.1) is 0 Å². The molecular weight excluding hydrogens is 294 g/mol. The highest BCUT2D eigenvalue weighted by Crippen LogP contribution is 2.16. The van der Waals surface area contributed by atoms with Crippen LogP contribution < -0.4 is 16.0 Å². The molecule has 0 aliphatic rings. The Morgan fingerprint density at radius 3 is 2.30 bits per heavy atom. The van der Waals surface area contributed by atoms with Gasteiger partial charge in [0.2, 0.25) is 0 Å². The van der Waals surface area contributed by atoms with Gasteiger partial charge in [0.25, 0.3) is 5.91 Å². The molecule has 4 N–H and O–H groups in total. The van der Waals surface area contributed by atoms with Gasteiger partial charge in [-0.05, 0) is 36.8 Å². The van der Waals surface area contributed by atoms with Crippen molar-refractivity contribution in [3.63, 3.8) is 0 Å². The number of rotatable bonds is 6. The van der Waals surface area contributed by atoms with Gasteiger partial charge in [0.15, 0.2) is 0 Å². The van der Waals surface area contributed by atoms with Gasteiger partial charge in [-0.25, -0.2) is 4.79 Å². The van der Waals surface area contributed by atoms with Crippen LogP contribution in [-0.4, -0.2) is 30.2 Å². The van der Waals surface area contributed by atoms with Crippen LogP contribution in [0.1, 0.15) is 16.8 Å². The topological polar surface area (TPSA) is 90.5 Å². The molecule has 0 saturated heterocycles. The maximum atomic E-state index is 12.1. The first-order chi connectivity index (χ1) is 11.2. The predicted molar refractivity (Wildman–Crippen MR) is 89.6 cm³/mol. The maximum Gasteiger partial charge on any atom is 0.319 e. The van der Waals surface area contributed by atoms with Crippen molar-refractivity contribution in [2.24, 2.45) is 0 Å². The summed E-state index contributed by atoms with van der Waals surface area (Å²) >= 11 is 0. The third-order valence-corrected chi connectivity index (χ3v) is 3.03. The van der Waals surface area contributed by atoms with Gasteiger partial charge in [-0.1, -0.05) is 24.3 Å². The molecule has 120 valence electrons. The van der Waals surface area contributed by atoms with Gasteiger partial charge < -0.3 is 21.1 Å². The van der Waals surface area contributed by atoms with Crippen LogP contribution in [0.25, 0.3) is 0 Å². The van der Waals surface area contributed by atoms with Crippen LogP contribution in [0.5, 0.6) is 0 Å². The molecule has 0 aliphatic heterocycles. The van der Waals surface area contributed by atoms with Crippen molar-refractivity contribution >= 4 is 23.3 Å². The Hall–Kier alpha value is -2.86. The number of carbonyl (C=O) groups is 2. The largest absolute Gasteiger partial charge is 0.396 e. The minimum absolute atomic E-state index is 0.0291. The molecule has 0 atom stereocenters. The lowest BCUT2D eigenvalue weighted by Crippen LogP contribution is -2.29. The SMILES string of the molecule is O=C(NCCCO)Nc1cccc(NC(=O)c2ccccc2)c1. The summed E-state index contributed by atoms with van der Waals surface area (Å²) < 4.78 is 0. The minimum atomic E-state index is -0.356. The van der Waals surface area contributed by atoms with Crippen LogP contribution >= 0.6 is 0 Å². The molecular formula is C17H19N3O3. The average molecular weight is 313 g/mol. The highest BCUT2D eigenvalue weighted by molar-refractivity contribution is 6.04. The summed E-state index contributed by atoms with van der Waals surface area (Å²) in [7, 11) is 0. The van der Waals surface area contributed by atoms with Gasteiger partial charge >= 0.3 is 6.03 Å². The summed E-state index contributed by atoms with van der Waals surface area (Å²) in [5.74, 6) is -0.213. The van der Waals surface area contributed by atoms with Gasteiger partial charge in [0.05, 0.1) is 0 Å². The van der Waals surface area contributed by atoms with E-state index in [1.807, 2.05) is 6.07 Å². The molecule has 0 saturated carbocycles. The summed E-state index contributed by atoms with van der Waals surface area (Å²) in [5, 5.41) is 16.7. The number of hydrogen-bond donors (Lipinski definition) is 4. The average Bonchev–Trinajstić information content (AvgIpc) is 2.56. The Bertz CT molecular complexity index is 659. The van der Waals surface area contributed by atoms with E-state index in [1.54, 1.807) is 48.5 Å². The lowest BCUT2D eigenvalue weighted by molar-refractivity contribution is 0.102. The fourth-order valence-electron chi connectivity index (χ4n) is 1.92. The first kappa shape index (κ1) is 16.5. The first-order valence-electron chi connectivity index (χ1n) is 7.31. The van der Waals surface area contributed by atoms with Crippen molar-refractivity contribution in [3.8, 4) is 0 Å². The van der Waals surface area contributed by atoms with Crippen molar-refractivity contribution in [1.82, 2.24) is 5.32 Å². The van der Waals surface area contributed by atoms with Crippen LogP contribution in [0.4, 0.5) is 16.2 Å². The molecule has 2 rings (SSSR count). The van der Waals surface area contributed by atoms with Crippen molar-refractivity contribution in [1.29, 1.82) is 0 Å². The summed E-state index contributed by atoms with van der Waals surface area (Å²) in [4.78, 5) is 23.7. The molecule has 0 heterocycles. The molecule has 0 bridgehead atoms. The Morgan fingerprint density at radius 1 is 0.913 bits per heavy atom. The number of anilines is 2. The Kier molecular flexibility index (Phi) is 6.14.